The van der Waals surface area contributed by atoms with Crippen LogP contribution in [0.25, 0.3) is 10.2 Å². The fourth-order valence-electron chi connectivity index (χ4n) is 1.73. The van der Waals surface area contributed by atoms with Gasteiger partial charge in [-0.15, -0.1) is 0 Å². The maximum Gasteiger partial charge on any atom is 0.303 e. The molecule has 0 bridgehead atoms. The van der Waals surface area contributed by atoms with Gasteiger partial charge in [0.15, 0.2) is 4.83 Å². The fourth-order valence-corrected chi connectivity index (χ4v) is 2.46. The molecular formula is C11H13N3O3S. The topological polar surface area (TPSA) is 85.1 Å². The number of aliphatic carboxylic acids is 1. The molecule has 2 aromatic rings. The minimum Gasteiger partial charge on any atom is -0.481 e. The molecule has 0 saturated carbocycles. The van der Waals surface area contributed by atoms with E-state index in [-0.39, 0.29) is 12.0 Å². The summed E-state index contributed by atoms with van der Waals surface area (Å²) in [5.41, 5.74) is 0.606. The Kier molecular flexibility index (Phi) is 3.71. The van der Waals surface area contributed by atoms with Crippen molar-refractivity contribution in [2.75, 3.05) is 0 Å². The zero-order chi connectivity index (χ0) is 13.1. The number of aromatic nitrogens is 3. The minimum atomic E-state index is -0.811. The summed E-state index contributed by atoms with van der Waals surface area (Å²) in [6, 6.07) is 0. The molecule has 0 saturated heterocycles. The Hall–Kier alpha value is -1.76. The quantitative estimate of drug-likeness (QED) is 0.828. The lowest BCUT2D eigenvalue weighted by atomic mass is 10.2. The molecule has 6 nitrogen and oxygen atoms in total. The van der Waals surface area contributed by atoms with Crippen molar-refractivity contribution in [2.24, 2.45) is 0 Å². The average Bonchev–Trinajstić information content (AvgIpc) is 2.69. The van der Waals surface area contributed by atoms with E-state index in [1.54, 1.807) is 6.92 Å². The van der Waals surface area contributed by atoms with E-state index in [1.165, 1.54) is 22.4 Å². The first kappa shape index (κ1) is 12.7. The van der Waals surface area contributed by atoms with E-state index in [0.29, 0.717) is 35.3 Å². The van der Waals surface area contributed by atoms with Gasteiger partial charge < -0.3 is 5.11 Å². The van der Waals surface area contributed by atoms with Crippen LogP contribution < -0.4 is 5.56 Å². The van der Waals surface area contributed by atoms with E-state index >= 15 is 0 Å². The van der Waals surface area contributed by atoms with Gasteiger partial charge in [-0.2, -0.15) is 4.37 Å². The molecule has 0 radical (unpaired) electrons. The van der Waals surface area contributed by atoms with Gasteiger partial charge in [0.2, 0.25) is 0 Å². The van der Waals surface area contributed by atoms with Crippen molar-refractivity contribution in [2.45, 2.75) is 32.7 Å². The number of unbranched alkanes of at least 4 members (excludes halogenated alkanes) is 1. The summed E-state index contributed by atoms with van der Waals surface area (Å²) in [5.74, 6) is -0.811. The van der Waals surface area contributed by atoms with Crippen LogP contribution in [0.1, 0.15) is 25.0 Å². The van der Waals surface area contributed by atoms with Gasteiger partial charge in [0, 0.05) is 13.0 Å². The zero-order valence-corrected chi connectivity index (χ0v) is 10.7. The molecule has 0 fully saturated rings. The number of carboxylic acid groups (broad SMARTS) is 1. The van der Waals surface area contributed by atoms with Crippen molar-refractivity contribution in [3.63, 3.8) is 0 Å². The van der Waals surface area contributed by atoms with Crippen LogP contribution in [0.5, 0.6) is 0 Å². The number of hydrogen-bond donors (Lipinski definition) is 1. The highest BCUT2D eigenvalue weighted by Crippen LogP contribution is 2.15. The average molecular weight is 267 g/mol. The van der Waals surface area contributed by atoms with Gasteiger partial charge in [-0.05, 0) is 31.3 Å². The predicted molar refractivity (Wildman–Crippen MR) is 67.9 cm³/mol. The van der Waals surface area contributed by atoms with Crippen LogP contribution >= 0.6 is 11.5 Å². The second-order valence-corrected chi connectivity index (χ2v) is 4.79. The van der Waals surface area contributed by atoms with Crippen molar-refractivity contribution < 1.29 is 9.90 Å². The van der Waals surface area contributed by atoms with Gasteiger partial charge >= 0.3 is 5.97 Å². The number of rotatable bonds is 5. The third-order valence-corrected chi connectivity index (χ3v) is 3.52. The third kappa shape index (κ3) is 2.56. The van der Waals surface area contributed by atoms with Crippen molar-refractivity contribution >= 4 is 27.7 Å². The molecule has 2 heterocycles. The highest BCUT2D eigenvalue weighted by Gasteiger charge is 2.09. The molecule has 0 atom stereocenters. The molecule has 18 heavy (non-hydrogen) atoms. The molecule has 2 rings (SSSR count). The van der Waals surface area contributed by atoms with Crippen LogP contribution in [0.4, 0.5) is 0 Å². The molecule has 96 valence electrons. The van der Waals surface area contributed by atoms with Gasteiger partial charge in [0.25, 0.3) is 5.56 Å². The Morgan fingerprint density at radius 1 is 1.50 bits per heavy atom. The standard InChI is InChI=1S/C11H13N3O3S/c1-7-9-10(18-13-7)12-6-14(11(9)17)5-3-2-4-8(15)16/h6H,2-5H2,1H3,(H,15,16). The smallest absolute Gasteiger partial charge is 0.303 e. The van der Waals surface area contributed by atoms with E-state index in [4.69, 9.17) is 5.11 Å². The molecule has 0 amide bonds. The van der Waals surface area contributed by atoms with Gasteiger partial charge in [0.05, 0.1) is 17.4 Å². The molecule has 7 heteroatoms. The Morgan fingerprint density at radius 3 is 3.00 bits per heavy atom. The lowest BCUT2D eigenvalue weighted by Gasteiger charge is -2.04. The van der Waals surface area contributed by atoms with Crippen molar-refractivity contribution in [1.29, 1.82) is 0 Å². The molecular weight excluding hydrogens is 254 g/mol. The number of carboxylic acids is 1. The van der Waals surface area contributed by atoms with Crippen molar-refractivity contribution in [1.82, 2.24) is 13.9 Å². The lowest BCUT2D eigenvalue weighted by molar-refractivity contribution is -0.137. The summed E-state index contributed by atoms with van der Waals surface area (Å²) in [6.07, 6.45) is 2.84. The number of carbonyl (C=O) groups is 1. The summed E-state index contributed by atoms with van der Waals surface area (Å²) >= 11 is 1.22. The summed E-state index contributed by atoms with van der Waals surface area (Å²) in [5, 5.41) is 9.10. The van der Waals surface area contributed by atoms with Gasteiger partial charge in [0.1, 0.15) is 0 Å². The summed E-state index contributed by atoms with van der Waals surface area (Å²) < 4.78 is 5.62. The van der Waals surface area contributed by atoms with E-state index < -0.39 is 5.97 Å². The molecule has 0 aliphatic rings. The van der Waals surface area contributed by atoms with Gasteiger partial charge in [-0.3, -0.25) is 14.2 Å². The van der Waals surface area contributed by atoms with E-state index in [2.05, 4.69) is 9.36 Å². The lowest BCUT2D eigenvalue weighted by Crippen LogP contribution is -2.20. The largest absolute Gasteiger partial charge is 0.481 e. The van der Waals surface area contributed by atoms with Crippen LogP contribution in [-0.4, -0.2) is 25.0 Å². The minimum absolute atomic E-state index is 0.0958. The predicted octanol–water partition coefficient (Wildman–Crippen LogP) is 1.42. The first-order chi connectivity index (χ1) is 8.59. The van der Waals surface area contributed by atoms with Crippen LogP contribution in [0, 0.1) is 6.92 Å². The zero-order valence-electron chi connectivity index (χ0n) is 9.92. The second-order valence-electron chi connectivity index (χ2n) is 4.04. The maximum absolute atomic E-state index is 12.1. The number of fused-ring (bicyclic) bond motifs is 1. The normalized spacial score (nSPS) is 10.9. The number of hydrogen-bond acceptors (Lipinski definition) is 5. The van der Waals surface area contributed by atoms with Crippen molar-refractivity contribution in [3.8, 4) is 0 Å². The summed E-state index contributed by atoms with van der Waals surface area (Å²) in [7, 11) is 0. The monoisotopic (exact) mass is 267 g/mol. The van der Waals surface area contributed by atoms with Crippen LogP contribution in [0.2, 0.25) is 0 Å². The van der Waals surface area contributed by atoms with Crippen molar-refractivity contribution in [3.05, 3.63) is 22.4 Å². The molecule has 1 N–H and O–H groups in total. The maximum atomic E-state index is 12.1. The first-order valence-corrected chi connectivity index (χ1v) is 6.40. The SMILES string of the molecule is Cc1nsc2ncn(CCCCC(=O)O)c(=O)c12. The number of aryl methyl sites for hydroxylation is 2. The molecule has 0 unspecified atom stereocenters. The third-order valence-electron chi connectivity index (χ3n) is 2.67. The van der Waals surface area contributed by atoms with Crippen LogP contribution in [0.15, 0.2) is 11.1 Å². The highest BCUT2D eigenvalue weighted by atomic mass is 32.1. The molecule has 2 aromatic heterocycles. The Labute approximate surface area is 107 Å². The van der Waals surface area contributed by atoms with E-state index in [0.717, 1.165) is 0 Å². The Morgan fingerprint density at radius 2 is 2.28 bits per heavy atom. The molecule has 0 aliphatic carbocycles. The molecule has 0 aliphatic heterocycles. The second kappa shape index (κ2) is 5.26. The fraction of sp³-hybridized carbons (Fsp3) is 0.455. The molecule has 0 spiro atoms. The first-order valence-electron chi connectivity index (χ1n) is 5.63. The number of nitrogens with zero attached hydrogens (tertiary/aromatic N) is 3. The highest BCUT2D eigenvalue weighted by molar-refractivity contribution is 7.12. The summed E-state index contributed by atoms with van der Waals surface area (Å²) in [6.45, 7) is 2.28. The molecule has 0 aromatic carbocycles. The summed E-state index contributed by atoms with van der Waals surface area (Å²) in [4.78, 5) is 27.3. The Bertz CT molecular complexity index is 632. The van der Waals surface area contributed by atoms with Gasteiger partial charge in [-0.1, -0.05) is 0 Å². The van der Waals surface area contributed by atoms with Crippen LogP contribution in [0.3, 0.4) is 0 Å². The van der Waals surface area contributed by atoms with Crippen LogP contribution in [-0.2, 0) is 11.3 Å². The van der Waals surface area contributed by atoms with E-state index in [9.17, 15) is 9.59 Å². The Balaban J connectivity index is 2.14. The van der Waals surface area contributed by atoms with Gasteiger partial charge in [-0.25, -0.2) is 4.98 Å². The van der Waals surface area contributed by atoms with E-state index in [1.807, 2.05) is 0 Å².